The number of hydrogen-bond acceptors (Lipinski definition) is 6. The highest BCUT2D eigenvalue weighted by atomic mass is 79.9. The molecule has 0 saturated carbocycles. The number of nitrogens with one attached hydrogen (secondary N) is 2. The van der Waals surface area contributed by atoms with Crippen LogP contribution in [0.5, 0.6) is 5.75 Å². The second kappa shape index (κ2) is 7.82. The summed E-state index contributed by atoms with van der Waals surface area (Å²) in [6, 6.07) is 7.59. The van der Waals surface area contributed by atoms with Gasteiger partial charge in [-0.05, 0) is 76.4 Å². The van der Waals surface area contributed by atoms with Crippen LogP contribution in [0.25, 0.3) is 23.3 Å². The summed E-state index contributed by atoms with van der Waals surface area (Å²) in [6.45, 7) is 2.53. The zero-order valence-electron chi connectivity index (χ0n) is 16.5. The highest BCUT2D eigenvalue weighted by molar-refractivity contribution is 9.10. The number of fused-ring (bicyclic) bond motifs is 2. The molecule has 0 saturated heterocycles. The Morgan fingerprint density at radius 3 is 2.88 bits per heavy atom. The van der Waals surface area contributed by atoms with Gasteiger partial charge in [0, 0.05) is 21.6 Å². The average molecular weight is 522 g/mol. The lowest BCUT2D eigenvalue weighted by atomic mass is 10.2. The lowest BCUT2D eigenvalue weighted by molar-refractivity contribution is -0.137. The summed E-state index contributed by atoms with van der Waals surface area (Å²) >= 11 is 4.62. The van der Waals surface area contributed by atoms with Crippen molar-refractivity contribution in [1.29, 1.82) is 0 Å². The van der Waals surface area contributed by atoms with Crippen LogP contribution in [0, 0.1) is 6.92 Å². The maximum Gasteiger partial charge on any atom is 0.416 e. The highest BCUT2D eigenvalue weighted by Gasteiger charge is 2.31. The lowest BCUT2D eigenvalue weighted by Gasteiger charge is -2.21. The van der Waals surface area contributed by atoms with Gasteiger partial charge < -0.3 is 15.1 Å². The van der Waals surface area contributed by atoms with Crippen molar-refractivity contribution in [3.63, 3.8) is 0 Å². The number of benzene rings is 2. The van der Waals surface area contributed by atoms with Gasteiger partial charge in [0.15, 0.2) is 5.75 Å². The number of alkyl halides is 3. The minimum atomic E-state index is -4.44. The van der Waals surface area contributed by atoms with Gasteiger partial charge >= 0.3 is 6.18 Å². The number of H-pyrrole nitrogens is 1. The van der Waals surface area contributed by atoms with Crippen LogP contribution in [0.4, 0.5) is 24.8 Å². The van der Waals surface area contributed by atoms with Crippen molar-refractivity contribution < 1.29 is 18.0 Å². The molecule has 0 unspecified atom stereocenters. The van der Waals surface area contributed by atoms with E-state index < -0.39 is 11.7 Å². The molecule has 2 aromatic heterocycles. The number of hydrogen-bond donors (Lipinski definition) is 2. The summed E-state index contributed by atoms with van der Waals surface area (Å²) in [5.74, 6) is 1.03. The zero-order chi connectivity index (χ0) is 22.5. The first-order chi connectivity index (χ1) is 15.3. The van der Waals surface area contributed by atoms with E-state index in [0.717, 1.165) is 33.1 Å². The number of halogens is 4. The van der Waals surface area contributed by atoms with Gasteiger partial charge in [-0.2, -0.15) is 17.5 Å². The minimum absolute atomic E-state index is 0.269. The van der Waals surface area contributed by atoms with Crippen LogP contribution in [0.15, 0.2) is 41.0 Å². The van der Waals surface area contributed by atoms with E-state index in [4.69, 9.17) is 4.84 Å². The molecule has 0 aliphatic carbocycles. The minimum Gasteiger partial charge on any atom is -0.380 e. The van der Waals surface area contributed by atoms with E-state index in [1.807, 2.05) is 31.3 Å². The first-order valence-electron chi connectivity index (χ1n) is 9.48. The Morgan fingerprint density at radius 1 is 1.25 bits per heavy atom. The van der Waals surface area contributed by atoms with E-state index in [2.05, 4.69) is 41.7 Å². The van der Waals surface area contributed by atoms with Crippen molar-refractivity contribution in [3.05, 3.63) is 61.9 Å². The first-order valence-corrected chi connectivity index (χ1v) is 11.0. The van der Waals surface area contributed by atoms with Crippen molar-refractivity contribution in [2.75, 3.05) is 11.9 Å². The fourth-order valence-electron chi connectivity index (χ4n) is 3.34. The number of aryl methyl sites for hydroxylation is 1. The van der Waals surface area contributed by atoms with E-state index in [1.165, 1.54) is 11.5 Å². The monoisotopic (exact) mass is 521 g/mol. The fourth-order valence-corrected chi connectivity index (χ4v) is 4.53. The van der Waals surface area contributed by atoms with Gasteiger partial charge in [0.2, 0.25) is 5.95 Å². The summed E-state index contributed by atoms with van der Waals surface area (Å²) in [7, 11) is 0. The number of aromatic nitrogens is 3. The molecule has 0 bridgehead atoms. The second-order valence-corrected chi connectivity index (χ2v) is 8.90. The molecular formula is C21H15BrF3N5OS. The van der Waals surface area contributed by atoms with Crippen LogP contribution in [0.2, 0.25) is 0 Å². The number of anilines is 2. The molecule has 0 fully saturated rings. The topological polar surface area (TPSA) is 66.1 Å². The summed E-state index contributed by atoms with van der Waals surface area (Å²) < 4.78 is 44.8. The molecule has 6 nitrogen and oxygen atoms in total. The molecule has 0 radical (unpaired) electrons. The summed E-state index contributed by atoms with van der Waals surface area (Å²) in [5.41, 5.74) is 1.55. The van der Waals surface area contributed by atoms with Gasteiger partial charge in [0.1, 0.15) is 5.52 Å². The Balaban J connectivity index is 1.35. The predicted octanol–water partition coefficient (Wildman–Crippen LogP) is 4.68. The van der Waals surface area contributed by atoms with Gasteiger partial charge in [-0.3, -0.25) is 0 Å². The third kappa shape index (κ3) is 4.05. The molecule has 0 amide bonds. The van der Waals surface area contributed by atoms with E-state index in [-0.39, 0.29) is 9.99 Å². The quantitative estimate of drug-likeness (QED) is 0.408. The second-order valence-electron chi connectivity index (χ2n) is 7.21. The molecule has 1 aliphatic heterocycles. The SMILES string of the molecule is Cc1cc(Nc2nc3c(Br)cc(C(F)(F)F)cc3[nH]2)ccc1ON1C=c2cnsc2=CC1. The molecular weight excluding hydrogens is 507 g/mol. The van der Waals surface area contributed by atoms with Gasteiger partial charge in [0.25, 0.3) is 0 Å². The van der Waals surface area contributed by atoms with Crippen molar-refractivity contribution in [2.24, 2.45) is 0 Å². The summed E-state index contributed by atoms with van der Waals surface area (Å²) in [6.07, 6.45) is 1.33. The molecule has 32 heavy (non-hydrogen) atoms. The number of nitrogens with zero attached hydrogens (tertiary/aromatic N) is 3. The maximum atomic E-state index is 13.1. The smallest absolute Gasteiger partial charge is 0.380 e. The lowest BCUT2D eigenvalue weighted by Crippen LogP contribution is -2.34. The summed E-state index contributed by atoms with van der Waals surface area (Å²) in [5, 5.41) is 5.85. The maximum absolute atomic E-state index is 13.1. The molecule has 11 heteroatoms. The molecule has 2 aromatic carbocycles. The van der Waals surface area contributed by atoms with Gasteiger partial charge in [0.05, 0.1) is 28.4 Å². The van der Waals surface area contributed by atoms with Crippen molar-refractivity contribution in [1.82, 2.24) is 19.4 Å². The van der Waals surface area contributed by atoms with Crippen LogP contribution in [0.1, 0.15) is 11.1 Å². The third-order valence-electron chi connectivity index (χ3n) is 4.89. The fraction of sp³-hybridized carbons (Fsp3) is 0.143. The molecule has 4 aromatic rings. The average Bonchev–Trinajstić information content (AvgIpc) is 3.35. The van der Waals surface area contributed by atoms with Crippen LogP contribution >= 0.6 is 27.5 Å². The highest BCUT2D eigenvalue weighted by Crippen LogP contribution is 2.35. The Bertz CT molecular complexity index is 1450. The molecule has 3 heterocycles. The molecule has 0 spiro atoms. The third-order valence-corrected chi connectivity index (χ3v) is 6.30. The van der Waals surface area contributed by atoms with Crippen molar-refractivity contribution in [3.8, 4) is 5.75 Å². The molecule has 164 valence electrons. The molecule has 5 rings (SSSR count). The first kappa shape index (κ1) is 20.8. The van der Waals surface area contributed by atoms with E-state index in [0.29, 0.717) is 23.8 Å². The number of rotatable bonds is 4. The Morgan fingerprint density at radius 2 is 2.09 bits per heavy atom. The zero-order valence-corrected chi connectivity index (χ0v) is 18.9. The molecule has 1 aliphatic rings. The Labute approximate surface area is 192 Å². The van der Waals surface area contributed by atoms with Gasteiger partial charge in [-0.15, -0.1) is 0 Å². The van der Waals surface area contributed by atoms with Crippen molar-refractivity contribution in [2.45, 2.75) is 13.1 Å². The van der Waals surface area contributed by atoms with Gasteiger partial charge in [-0.1, -0.05) is 0 Å². The van der Waals surface area contributed by atoms with Crippen LogP contribution < -0.4 is 19.9 Å². The predicted molar refractivity (Wildman–Crippen MR) is 121 cm³/mol. The molecule has 0 atom stereocenters. The standard InChI is InChI=1S/C21H15BrF3N5OS/c1-11-6-14(2-3-17(11)31-30-5-4-18-12(10-30)9-26-32-18)27-20-28-16-8-13(21(23,24)25)7-15(22)19(16)29-20/h2-4,6-10H,5H2,1H3,(H2,27,28,29). The summed E-state index contributed by atoms with van der Waals surface area (Å²) in [4.78, 5) is 13.2. The Kier molecular flexibility index (Phi) is 5.09. The van der Waals surface area contributed by atoms with Crippen LogP contribution in [-0.4, -0.2) is 25.9 Å². The number of hydroxylamine groups is 2. The van der Waals surface area contributed by atoms with Crippen LogP contribution in [0.3, 0.4) is 0 Å². The number of aromatic amines is 1. The largest absolute Gasteiger partial charge is 0.416 e. The normalized spacial score (nSPS) is 13.5. The Hall–Kier alpha value is -3.05. The van der Waals surface area contributed by atoms with E-state index in [1.54, 1.807) is 11.3 Å². The van der Waals surface area contributed by atoms with E-state index >= 15 is 0 Å². The van der Waals surface area contributed by atoms with Crippen LogP contribution in [-0.2, 0) is 6.18 Å². The van der Waals surface area contributed by atoms with E-state index in [9.17, 15) is 13.2 Å². The number of imidazole rings is 1. The van der Waals surface area contributed by atoms with Crippen molar-refractivity contribution >= 4 is 62.4 Å². The van der Waals surface area contributed by atoms with Gasteiger partial charge in [-0.25, -0.2) is 10.0 Å². The molecule has 2 N–H and O–H groups in total.